The molecule has 32 heavy (non-hydrogen) atoms. The summed E-state index contributed by atoms with van der Waals surface area (Å²) < 4.78 is 26.0. The van der Waals surface area contributed by atoms with E-state index in [0.717, 1.165) is 5.56 Å². The summed E-state index contributed by atoms with van der Waals surface area (Å²) in [5, 5.41) is 0.127. The van der Waals surface area contributed by atoms with Crippen LogP contribution in [-0.4, -0.2) is 16.7 Å². The number of hydrogen-bond donors (Lipinski definition) is 0. The van der Waals surface area contributed by atoms with E-state index in [9.17, 15) is 14.0 Å². The lowest BCUT2D eigenvalue weighted by molar-refractivity contribution is 0.414. The second kappa shape index (κ2) is 7.77. The highest BCUT2D eigenvalue weighted by Gasteiger charge is 2.19. The lowest BCUT2D eigenvalue weighted by atomic mass is 10.1. The first-order valence-electron chi connectivity index (χ1n) is 9.90. The predicted octanol–water partition coefficient (Wildman–Crippen LogP) is 4.37. The average Bonchev–Trinajstić information content (AvgIpc) is 2.81. The lowest BCUT2D eigenvalue weighted by Gasteiger charge is -2.14. The Morgan fingerprint density at radius 3 is 2.47 bits per heavy atom. The van der Waals surface area contributed by atoms with Crippen LogP contribution in [0, 0.1) is 5.82 Å². The van der Waals surface area contributed by atoms with Crippen LogP contribution in [0.3, 0.4) is 0 Å². The van der Waals surface area contributed by atoms with E-state index in [4.69, 9.17) is 9.15 Å². The molecule has 0 atom stereocenters. The first-order valence-corrected chi connectivity index (χ1v) is 9.90. The van der Waals surface area contributed by atoms with E-state index in [1.54, 1.807) is 18.2 Å². The lowest BCUT2D eigenvalue weighted by Crippen LogP contribution is -2.28. The molecule has 0 radical (unpaired) electrons. The molecule has 0 bridgehead atoms. The zero-order chi connectivity index (χ0) is 22.2. The van der Waals surface area contributed by atoms with Crippen molar-refractivity contribution in [3.05, 3.63) is 105 Å². The zero-order valence-electron chi connectivity index (χ0n) is 17.0. The highest BCUT2D eigenvalue weighted by Crippen LogP contribution is 2.24. The van der Waals surface area contributed by atoms with Gasteiger partial charge in [-0.1, -0.05) is 30.3 Å². The maximum Gasteiger partial charge on any atom is 0.269 e. The minimum absolute atomic E-state index is 0.0793. The van der Waals surface area contributed by atoms with Crippen LogP contribution in [0.2, 0.25) is 0 Å². The van der Waals surface area contributed by atoms with E-state index < -0.39 is 16.8 Å². The molecule has 7 heteroatoms. The summed E-state index contributed by atoms with van der Waals surface area (Å²) in [4.78, 5) is 31.3. The third-order valence-electron chi connectivity index (χ3n) is 5.29. The van der Waals surface area contributed by atoms with Gasteiger partial charge in [0.2, 0.25) is 11.1 Å². The Morgan fingerprint density at radius 2 is 1.75 bits per heavy atom. The number of methoxy groups -OCH3 is 1. The highest BCUT2D eigenvalue weighted by molar-refractivity contribution is 5.89. The SMILES string of the molecule is COc1ccc2c(=O)c3c(=O)n(Cc4ccccc4)c(-c4ccc(F)cc4)nc3oc2c1. The molecular formula is C25H17FN2O4. The summed E-state index contributed by atoms with van der Waals surface area (Å²) in [6.45, 7) is 0.190. The Hall–Kier alpha value is -4.26. The van der Waals surface area contributed by atoms with Gasteiger partial charge in [-0.3, -0.25) is 14.2 Å². The van der Waals surface area contributed by atoms with Crippen LogP contribution in [0.4, 0.5) is 4.39 Å². The van der Waals surface area contributed by atoms with E-state index in [1.807, 2.05) is 30.3 Å². The molecular weight excluding hydrogens is 411 g/mol. The molecule has 158 valence electrons. The number of hydrogen-bond acceptors (Lipinski definition) is 5. The smallest absolute Gasteiger partial charge is 0.269 e. The Balaban J connectivity index is 1.85. The van der Waals surface area contributed by atoms with Crippen LogP contribution in [0.25, 0.3) is 33.5 Å². The van der Waals surface area contributed by atoms with Crippen molar-refractivity contribution >= 4 is 22.1 Å². The third-order valence-corrected chi connectivity index (χ3v) is 5.29. The van der Waals surface area contributed by atoms with Crippen molar-refractivity contribution in [1.29, 1.82) is 0 Å². The monoisotopic (exact) mass is 428 g/mol. The van der Waals surface area contributed by atoms with Gasteiger partial charge in [-0.25, -0.2) is 4.39 Å². The fourth-order valence-electron chi connectivity index (χ4n) is 3.68. The van der Waals surface area contributed by atoms with Crippen LogP contribution in [-0.2, 0) is 6.54 Å². The molecule has 0 aliphatic rings. The van der Waals surface area contributed by atoms with Gasteiger partial charge in [0.15, 0.2) is 5.39 Å². The van der Waals surface area contributed by atoms with Crippen molar-refractivity contribution in [1.82, 2.24) is 9.55 Å². The second-order valence-corrected chi connectivity index (χ2v) is 7.29. The van der Waals surface area contributed by atoms with E-state index in [1.165, 1.54) is 35.9 Å². The van der Waals surface area contributed by atoms with Crippen LogP contribution < -0.4 is 15.7 Å². The van der Waals surface area contributed by atoms with Crippen LogP contribution in [0.5, 0.6) is 5.75 Å². The fraction of sp³-hybridized carbons (Fsp3) is 0.0800. The summed E-state index contributed by atoms with van der Waals surface area (Å²) in [6.07, 6.45) is 0. The molecule has 0 fully saturated rings. The quantitative estimate of drug-likeness (QED) is 0.398. The van der Waals surface area contributed by atoms with E-state index in [-0.39, 0.29) is 34.4 Å². The molecule has 0 saturated heterocycles. The molecule has 0 aliphatic heterocycles. The van der Waals surface area contributed by atoms with Gasteiger partial charge in [0.1, 0.15) is 23.0 Å². The predicted molar refractivity (Wildman–Crippen MR) is 120 cm³/mol. The van der Waals surface area contributed by atoms with Crippen LogP contribution in [0.1, 0.15) is 5.56 Å². The summed E-state index contributed by atoms with van der Waals surface area (Å²) in [5.41, 5.74) is 0.575. The topological polar surface area (TPSA) is 74.3 Å². The number of nitrogens with zero attached hydrogens (tertiary/aromatic N) is 2. The first-order chi connectivity index (χ1) is 15.5. The number of aromatic nitrogens is 2. The number of benzene rings is 3. The van der Waals surface area contributed by atoms with Crippen molar-refractivity contribution in [3.8, 4) is 17.1 Å². The maximum atomic E-state index is 13.5. The van der Waals surface area contributed by atoms with Gasteiger partial charge in [-0.2, -0.15) is 4.98 Å². The van der Waals surface area contributed by atoms with Gasteiger partial charge in [-0.05, 0) is 42.0 Å². The zero-order valence-corrected chi connectivity index (χ0v) is 17.0. The van der Waals surface area contributed by atoms with Gasteiger partial charge >= 0.3 is 0 Å². The summed E-state index contributed by atoms with van der Waals surface area (Å²) in [6, 6.07) is 19.8. The van der Waals surface area contributed by atoms with Crippen molar-refractivity contribution < 1.29 is 13.5 Å². The number of ether oxygens (including phenoxy) is 1. The van der Waals surface area contributed by atoms with E-state index in [0.29, 0.717) is 11.3 Å². The average molecular weight is 428 g/mol. The Labute approximate surface area is 181 Å². The summed E-state index contributed by atoms with van der Waals surface area (Å²) in [7, 11) is 1.51. The van der Waals surface area contributed by atoms with Gasteiger partial charge in [-0.15, -0.1) is 0 Å². The highest BCUT2D eigenvalue weighted by atomic mass is 19.1. The fourth-order valence-corrected chi connectivity index (χ4v) is 3.68. The Bertz CT molecular complexity index is 1570. The molecule has 0 amide bonds. The molecule has 2 heterocycles. The molecule has 2 aromatic heterocycles. The minimum Gasteiger partial charge on any atom is -0.497 e. The van der Waals surface area contributed by atoms with Crippen molar-refractivity contribution in [2.45, 2.75) is 6.54 Å². The molecule has 0 unspecified atom stereocenters. The second-order valence-electron chi connectivity index (χ2n) is 7.29. The normalized spacial score (nSPS) is 11.2. The molecule has 5 aromatic rings. The van der Waals surface area contributed by atoms with Crippen molar-refractivity contribution in [2.24, 2.45) is 0 Å². The van der Waals surface area contributed by atoms with Gasteiger partial charge < -0.3 is 9.15 Å². The molecule has 0 saturated carbocycles. The molecule has 0 aliphatic carbocycles. The van der Waals surface area contributed by atoms with E-state index >= 15 is 0 Å². The maximum absolute atomic E-state index is 13.5. The number of halogens is 1. The molecule has 3 aromatic carbocycles. The largest absolute Gasteiger partial charge is 0.497 e. The van der Waals surface area contributed by atoms with Gasteiger partial charge in [0.25, 0.3) is 5.56 Å². The van der Waals surface area contributed by atoms with Gasteiger partial charge in [0, 0.05) is 11.6 Å². The van der Waals surface area contributed by atoms with Crippen molar-refractivity contribution in [2.75, 3.05) is 7.11 Å². The molecule has 0 spiro atoms. The Kier molecular flexibility index (Phi) is 4.78. The summed E-state index contributed by atoms with van der Waals surface area (Å²) in [5.74, 6) is 0.379. The standard InChI is InChI=1S/C25H17FN2O4/c1-31-18-11-12-19-20(13-18)32-24-21(22(19)29)25(30)28(14-15-5-3-2-4-6-15)23(27-24)16-7-9-17(26)10-8-16/h2-13H,14H2,1H3. The first kappa shape index (κ1) is 19.7. The summed E-state index contributed by atoms with van der Waals surface area (Å²) >= 11 is 0. The minimum atomic E-state index is -0.523. The number of fused-ring (bicyclic) bond motifs is 2. The molecule has 5 rings (SSSR count). The number of rotatable bonds is 4. The van der Waals surface area contributed by atoms with Crippen LogP contribution in [0.15, 0.2) is 86.8 Å². The van der Waals surface area contributed by atoms with Crippen molar-refractivity contribution in [3.63, 3.8) is 0 Å². The van der Waals surface area contributed by atoms with Crippen LogP contribution >= 0.6 is 0 Å². The van der Waals surface area contributed by atoms with Gasteiger partial charge in [0.05, 0.1) is 19.0 Å². The Morgan fingerprint density at radius 1 is 1.00 bits per heavy atom. The van der Waals surface area contributed by atoms with E-state index in [2.05, 4.69) is 4.98 Å². The molecule has 0 N–H and O–H groups in total. The third kappa shape index (κ3) is 3.33. The molecule has 6 nitrogen and oxygen atoms in total.